The average molecular weight is 519 g/mol. The zero-order chi connectivity index (χ0) is 27.4. The summed E-state index contributed by atoms with van der Waals surface area (Å²) in [5.74, 6) is -2.22. The van der Waals surface area contributed by atoms with Crippen LogP contribution in [0.5, 0.6) is 0 Å². The molecule has 0 radical (unpaired) electrons. The Morgan fingerprint density at radius 1 is 0.892 bits per heavy atom. The minimum Gasteiger partial charge on any atom is -0.481 e. The fourth-order valence-corrected chi connectivity index (χ4v) is 10.9. The molecule has 208 valence electrons. The number of hydrogen-bond acceptors (Lipinski definition) is 5. The maximum Gasteiger partial charge on any atom is 0.312 e. The summed E-state index contributed by atoms with van der Waals surface area (Å²) in [7, 11) is 0. The molecule has 0 spiro atoms. The van der Waals surface area contributed by atoms with Crippen molar-refractivity contribution in [1.82, 2.24) is 0 Å². The maximum atomic E-state index is 12.8. The summed E-state index contributed by atoms with van der Waals surface area (Å²) in [5, 5.41) is 53.8. The number of aliphatic hydroxyl groups is 3. The van der Waals surface area contributed by atoms with Gasteiger partial charge in [-0.1, -0.05) is 39.3 Å². The lowest BCUT2D eigenvalue weighted by Gasteiger charge is -2.71. The van der Waals surface area contributed by atoms with E-state index in [-0.39, 0.29) is 35.2 Å². The molecule has 37 heavy (non-hydrogen) atoms. The smallest absolute Gasteiger partial charge is 0.312 e. The van der Waals surface area contributed by atoms with Crippen LogP contribution in [0, 0.1) is 50.2 Å². The van der Waals surface area contributed by atoms with Gasteiger partial charge in [0.1, 0.15) is 0 Å². The highest BCUT2D eigenvalue weighted by Crippen LogP contribution is 2.75. The Bertz CT molecular complexity index is 1030. The number of aliphatic carboxylic acids is 2. The quantitative estimate of drug-likeness (QED) is 0.353. The summed E-state index contributed by atoms with van der Waals surface area (Å²) >= 11 is 0. The highest BCUT2D eigenvalue weighted by atomic mass is 16.4. The van der Waals surface area contributed by atoms with E-state index in [4.69, 9.17) is 0 Å². The topological polar surface area (TPSA) is 135 Å². The van der Waals surface area contributed by atoms with Crippen molar-refractivity contribution in [3.63, 3.8) is 0 Å². The number of allylic oxidation sites excluding steroid dienone is 1. The van der Waals surface area contributed by atoms with E-state index in [2.05, 4.69) is 33.8 Å². The predicted octanol–water partition coefficient (Wildman–Crippen LogP) is 4.24. The summed E-state index contributed by atoms with van der Waals surface area (Å²) in [6, 6.07) is 0. The van der Waals surface area contributed by atoms with Crippen molar-refractivity contribution in [3.8, 4) is 0 Å². The predicted molar refractivity (Wildman–Crippen MR) is 137 cm³/mol. The first-order valence-electron chi connectivity index (χ1n) is 14.2. The van der Waals surface area contributed by atoms with Crippen molar-refractivity contribution in [2.75, 3.05) is 6.61 Å². The molecule has 0 unspecified atom stereocenters. The molecule has 10 atom stereocenters. The van der Waals surface area contributed by atoms with Crippen LogP contribution in [-0.4, -0.2) is 56.3 Å². The lowest BCUT2D eigenvalue weighted by molar-refractivity contribution is -0.244. The first-order chi connectivity index (χ1) is 17.1. The van der Waals surface area contributed by atoms with Gasteiger partial charge in [-0.25, -0.2) is 0 Å². The number of carbonyl (C=O) groups is 2. The van der Waals surface area contributed by atoms with Crippen molar-refractivity contribution >= 4 is 11.9 Å². The molecule has 5 aliphatic carbocycles. The lowest BCUT2D eigenvalue weighted by Crippen LogP contribution is -2.69. The van der Waals surface area contributed by atoms with Crippen LogP contribution >= 0.6 is 0 Å². The van der Waals surface area contributed by atoms with Gasteiger partial charge in [-0.05, 0) is 98.7 Å². The molecule has 0 aromatic heterocycles. The van der Waals surface area contributed by atoms with Gasteiger partial charge in [0.05, 0.1) is 29.6 Å². The summed E-state index contributed by atoms with van der Waals surface area (Å²) < 4.78 is 0. The highest BCUT2D eigenvalue weighted by Gasteiger charge is 2.72. The van der Waals surface area contributed by atoms with Crippen LogP contribution in [0.3, 0.4) is 0 Å². The third-order valence-corrected chi connectivity index (χ3v) is 13.1. The monoisotopic (exact) mass is 518 g/mol. The van der Waals surface area contributed by atoms with Gasteiger partial charge in [0.15, 0.2) is 0 Å². The molecule has 0 bridgehead atoms. The zero-order valence-electron chi connectivity index (χ0n) is 23.1. The molecular weight excluding hydrogens is 472 g/mol. The van der Waals surface area contributed by atoms with Crippen molar-refractivity contribution in [3.05, 3.63) is 11.6 Å². The Kier molecular flexibility index (Phi) is 5.90. The first kappa shape index (κ1) is 27.1. The molecule has 5 aliphatic rings. The molecular formula is C30H46O7. The van der Waals surface area contributed by atoms with Crippen LogP contribution in [0.1, 0.15) is 92.4 Å². The fourth-order valence-electron chi connectivity index (χ4n) is 10.9. The fraction of sp³-hybridized carbons (Fsp3) is 0.867. The Morgan fingerprint density at radius 2 is 1.54 bits per heavy atom. The van der Waals surface area contributed by atoms with Crippen LogP contribution < -0.4 is 0 Å². The molecule has 5 rings (SSSR count). The molecule has 0 aromatic carbocycles. The Labute approximate surface area is 220 Å². The van der Waals surface area contributed by atoms with E-state index >= 15 is 0 Å². The van der Waals surface area contributed by atoms with Crippen molar-refractivity contribution in [2.24, 2.45) is 50.2 Å². The standard InChI is InChI=1S/C30H46O7/c1-25(2)10-11-29(24(36)37)12-13-30(16-31)17(18(29)14-25)6-7-20-26(3)15-19(32)22(33)28(5,23(34)35)21(26)8-9-27(20,30)4/h6,18-22,31-33H,7-16H2,1-5H3,(H,34,35)(H,36,37)/t18-,19-,20+,21-,22-,26+,27+,28-,29-,30-/m0/s1. The number of carboxylic acids is 2. The maximum absolute atomic E-state index is 12.8. The summed E-state index contributed by atoms with van der Waals surface area (Å²) in [5.41, 5.74) is -2.59. The minimum absolute atomic E-state index is 0.00408. The van der Waals surface area contributed by atoms with Crippen LogP contribution in [0.2, 0.25) is 0 Å². The number of aliphatic hydroxyl groups excluding tert-OH is 3. The van der Waals surface area contributed by atoms with Crippen molar-refractivity contribution in [1.29, 1.82) is 0 Å². The molecule has 4 fully saturated rings. The second kappa shape index (κ2) is 8.04. The lowest BCUT2D eigenvalue weighted by atomic mass is 9.33. The third-order valence-electron chi connectivity index (χ3n) is 13.1. The van der Waals surface area contributed by atoms with Gasteiger partial charge in [0.25, 0.3) is 0 Å². The van der Waals surface area contributed by atoms with Crippen LogP contribution in [0.15, 0.2) is 11.6 Å². The van der Waals surface area contributed by atoms with Gasteiger partial charge in [-0.3, -0.25) is 9.59 Å². The van der Waals surface area contributed by atoms with E-state index < -0.39 is 45.8 Å². The van der Waals surface area contributed by atoms with E-state index in [0.29, 0.717) is 44.9 Å². The number of hydrogen-bond donors (Lipinski definition) is 5. The van der Waals surface area contributed by atoms with E-state index in [0.717, 1.165) is 18.4 Å². The molecule has 5 N–H and O–H groups in total. The summed E-state index contributed by atoms with van der Waals surface area (Å²) in [4.78, 5) is 25.4. The Balaban J connectivity index is 1.65. The number of carboxylic acid groups (broad SMARTS) is 2. The largest absolute Gasteiger partial charge is 0.481 e. The zero-order valence-corrected chi connectivity index (χ0v) is 23.1. The Morgan fingerprint density at radius 3 is 2.14 bits per heavy atom. The van der Waals surface area contributed by atoms with Gasteiger partial charge >= 0.3 is 11.9 Å². The molecule has 0 amide bonds. The van der Waals surface area contributed by atoms with Crippen LogP contribution in [0.25, 0.3) is 0 Å². The van der Waals surface area contributed by atoms with Gasteiger partial charge < -0.3 is 25.5 Å². The molecule has 4 saturated carbocycles. The molecule has 7 nitrogen and oxygen atoms in total. The SMILES string of the molecule is CC1(C)CC[C@]2(C(=O)O)CC[C@]3(CO)C(=CC[C@@H]4[C@@]5(C)C[C@H](O)[C@H](O)[C@@](C)(C(=O)O)[C@H]5CC[C@]43C)[C@@H]2C1. The Hall–Kier alpha value is -1.44. The van der Waals surface area contributed by atoms with E-state index in [1.54, 1.807) is 6.92 Å². The first-order valence-corrected chi connectivity index (χ1v) is 14.2. The summed E-state index contributed by atoms with van der Waals surface area (Å²) in [6.45, 7) is 10.3. The van der Waals surface area contributed by atoms with E-state index in [1.807, 2.05) is 0 Å². The summed E-state index contributed by atoms with van der Waals surface area (Å²) in [6.07, 6.45) is 5.50. The van der Waals surface area contributed by atoms with Crippen LogP contribution in [-0.2, 0) is 9.59 Å². The molecule has 0 aromatic rings. The minimum atomic E-state index is -1.46. The van der Waals surface area contributed by atoms with Gasteiger partial charge in [-0.2, -0.15) is 0 Å². The van der Waals surface area contributed by atoms with Crippen molar-refractivity contribution in [2.45, 2.75) is 105 Å². The molecule has 7 heteroatoms. The van der Waals surface area contributed by atoms with Gasteiger partial charge in [-0.15, -0.1) is 0 Å². The molecule has 0 saturated heterocycles. The van der Waals surface area contributed by atoms with Crippen LogP contribution in [0.4, 0.5) is 0 Å². The van der Waals surface area contributed by atoms with Gasteiger partial charge in [0, 0.05) is 5.41 Å². The second-order valence-electron chi connectivity index (χ2n) is 14.9. The number of rotatable bonds is 3. The van der Waals surface area contributed by atoms with E-state index in [9.17, 15) is 35.1 Å². The second-order valence-corrected chi connectivity index (χ2v) is 14.9. The molecule has 0 heterocycles. The van der Waals surface area contributed by atoms with Gasteiger partial charge in [0.2, 0.25) is 0 Å². The van der Waals surface area contributed by atoms with E-state index in [1.165, 1.54) is 0 Å². The average Bonchev–Trinajstić information content (AvgIpc) is 2.81. The normalized spacial score (nSPS) is 52.5. The highest BCUT2D eigenvalue weighted by molar-refractivity contribution is 5.77. The van der Waals surface area contributed by atoms with Crippen molar-refractivity contribution < 1.29 is 35.1 Å². The third kappa shape index (κ3) is 3.17. The molecule has 0 aliphatic heterocycles. The number of fused-ring (bicyclic) bond motifs is 7.